The van der Waals surface area contributed by atoms with Gasteiger partial charge in [0.15, 0.2) is 11.5 Å². The first-order valence-electron chi connectivity index (χ1n) is 12.8. The Kier molecular flexibility index (Phi) is 10.1. The maximum atomic E-state index is 13.5. The molecule has 0 aromatic heterocycles. The van der Waals surface area contributed by atoms with Gasteiger partial charge in [-0.2, -0.15) is 5.10 Å². The van der Waals surface area contributed by atoms with Crippen LogP contribution in [0.4, 0.5) is 11.4 Å². The molecule has 0 saturated carbocycles. The molecular formula is C30H27BrN4O7S. The largest absolute Gasteiger partial charge is 0.493 e. The van der Waals surface area contributed by atoms with Gasteiger partial charge in [-0.1, -0.05) is 54.1 Å². The Hall–Kier alpha value is -4.75. The zero-order valence-corrected chi connectivity index (χ0v) is 25.5. The number of halogens is 1. The number of carbonyl (C=O) groups excluding carboxylic acids is 1. The van der Waals surface area contributed by atoms with E-state index in [0.29, 0.717) is 28.1 Å². The Morgan fingerprint density at radius 2 is 1.77 bits per heavy atom. The molecule has 43 heavy (non-hydrogen) atoms. The molecule has 11 nitrogen and oxygen atoms in total. The smallest absolute Gasteiger partial charge is 0.271 e. The first-order valence-corrected chi connectivity index (χ1v) is 15.0. The van der Waals surface area contributed by atoms with E-state index in [9.17, 15) is 23.3 Å². The number of hydrazone groups is 1. The predicted octanol–water partition coefficient (Wildman–Crippen LogP) is 5.60. The highest BCUT2D eigenvalue weighted by atomic mass is 79.9. The fraction of sp³-hybridized carbons (Fsp3) is 0.133. The molecule has 0 saturated heterocycles. The molecule has 0 aliphatic heterocycles. The lowest BCUT2D eigenvalue weighted by Gasteiger charge is -2.23. The number of nitro benzene ring substituents is 1. The van der Waals surface area contributed by atoms with Crippen molar-refractivity contribution in [3.05, 3.63) is 122 Å². The fourth-order valence-electron chi connectivity index (χ4n) is 3.94. The van der Waals surface area contributed by atoms with Gasteiger partial charge in [0.05, 0.1) is 33.3 Å². The van der Waals surface area contributed by atoms with Crippen molar-refractivity contribution in [2.75, 3.05) is 18.0 Å². The molecule has 13 heteroatoms. The zero-order valence-electron chi connectivity index (χ0n) is 23.1. The standard InChI is InChI=1S/C30H27BrN4O7S/c1-21-11-13-22(14-12-21)20-42-30-27(31)15-23(16-28(30)41-2)18-32-33-29(36)19-34(24-7-6-8-25(17-24)35(37)38)43(39,40)26-9-4-3-5-10-26/h3-18H,19-20H2,1-2H3,(H,33,36)/b32-18-. The van der Waals surface area contributed by atoms with Crippen molar-refractivity contribution < 1.29 is 27.6 Å². The molecule has 4 aromatic rings. The van der Waals surface area contributed by atoms with Gasteiger partial charge in [-0.05, 0) is 64.3 Å². The number of nitro groups is 1. The lowest BCUT2D eigenvalue weighted by molar-refractivity contribution is -0.384. The van der Waals surface area contributed by atoms with E-state index in [1.165, 1.54) is 55.8 Å². The Morgan fingerprint density at radius 1 is 1.05 bits per heavy atom. The summed E-state index contributed by atoms with van der Waals surface area (Å²) in [7, 11) is -2.76. The average Bonchev–Trinajstić information content (AvgIpc) is 3.00. The minimum atomic E-state index is -4.25. The number of hydrogen-bond acceptors (Lipinski definition) is 8. The van der Waals surface area contributed by atoms with Gasteiger partial charge in [0, 0.05) is 12.1 Å². The maximum absolute atomic E-state index is 13.5. The van der Waals surface area contributed by atoms with E-state index in [-0.39, 0.29) is 16.3 Å². The van der Waals surface area contributed by atoms with Gasteiger partial charge < -0.3 is 9.47 Å². The van der Waals surface area contributed by atoms with Gasteiger partial charge in [-0.25, -0.2) is 13.8 Å². The fourth-order valence-corrected chi connectivity index (χ4v) is 5.94. The van der Waals surface area contributed by atoms with E-state index in [4.69, 9.17) is 9.47 Å². The number of ether oxygens (including phenoxy) is 2. The normalized spacial score (nSPS) is 11.2. The number of benzene rings is 4. The third-order valence-electron chi connectivity index (χ3n) is 6.11. The number of aryl methyl sites for hydroxylation is 1. The van der Waals surface area contributed by atoms with Crippen molar-refractivity contribution >= 4 is 49.4 Å². The molecule has 0 bridgehead atoms. The van der Waals surface area contributed by atoms with E-state index in [1.807, 2.05) is 31.2 Å². The van der Waals surface area contributed by atoms with Crippen LogP contribution in [0.1, 0.15) is 16.7 Å². The summed E-state index contributed by atoms with van der Waals surface area (Å²) in [6.45, 7) is 1.65. The molecule has 1 amide bonds. The summed E-state index contributed by atoms with van der Waals surface area (Å²) in [6, 6.07) is 23.8. The van der Waals surface area contributed by atoms with Crippen molar-refractivity contribution in [1.29, 1.82) is 0 Å². The molecule has 0 atom stereocenters. The molecule has 0 spiro atoms. The van der Waals surface area contributed by atoms with Crippen molar-refractivity contribution in [3.63, 3.8) is 0 Å². The van der Waals surface area contributed by atoms with Gasteiger partial charge in [0.25, 0.3) is 21.6 Å². The van der Waals surface area contributed by atoms with E-state index in [1.54, 1.807) is 18.2 Å². The Morgan fingerprint density at radius 3 is 2.44 bits per heavy atom. The van der Waals surface area contributed by atoms with E-state index in [2.05, 4.69) is 26.5 Å². The highest BCUT2D eigenvalue weighted by molar-refractivity contribution is 9.10. The van der Waals surface area contributed by atoms with Crippen molar-refractivity contribution in [3.8, 4) is 11.5 Å². The topological polar surface area (TPSA) is 140 Å². The van der Waals surface area contributed by atoms with Gasteiger partial charge in [0.1, 0.15) is 13.2 Å². The second kappa shape index (κ2) is 13.9. The molecule has 1 N–H and O–H groups in total. The van der Waals surface area contributed by atoms with Crippen LogP contribution in [0.15, 0.2) is 105 Å². The van der Waals surface area contributed by atoms with Crippen LogP contribution in [0.25, 0.3) is 0 Å². The Labute approximate surface area is 257 Å². The van der Waals surface area contributed by atoms with Crippen LogP contribution in [0, 0.1) is 17.0 Å². The van der Waals surface area contributed by atoms with Crippen LogP contribution in [0.3, 0.4) is 0 Å². The summed E-state index contributed by atoms with van der Waals surface area (Å²) in [6.07, 6.45) is 1.36. The van der Waals surface area contributed by atoms with Crippen LogP contribution in [0.2, 0.25) is 0 Å². The maximum Gasteiger partial charge on any atom is 0.271 e. The number of non-ortho nitro benzene ring substituents is 1. The summed E-state index contributed by atoms with van der Waals surface area (Å²) in [5, 5.41) is 15.3. The molecule has 0 heterocycles. The van der Waals surface area contributed by atoms with Crippen molar-refractivity contribution in [2.24, 2.45) is 5.10 Å². The number of rotatable bonds is 12. The summed E-state index contributed by atoms with van der Waals surface area (Å²) >= 11 is 3.49. The number of amides is 1. The first kappa shape index (κ1) is 31.2. The number of nitrogens with zero attached hydrogens (tertiary/aromatic N) is 3. The quantitative estimate of drug-likeness (QED) is 0.118. The molecule has 0 aliphatic carbocycles. The van der Waals surface area contributed by atoms with Crippen LogP contribution < -0.4 is 19.2 Å². The molecule has 0 unspecified atom stereocenters. The lowest BCUT2D eigenvalue weighted by atomic mass is 10.2. The molecule has 0 radical (unpaired) electrons. The average molecular weight is 668 g/mol. The third kappa shape index (κ3) is 7.96. The minimum absolute atomic E-state index is 0.0490. The summed E-state index contributed by atoms with van der Waals surface area (Å²) < 4.78 is 39.7. The molecule has 4 aromatic carbocycles. The first-order chi connectivity index (χ1) is 20.6. The van der Waals surface area contributed by atoms with E-state index in [0.717, 1.165) is 21.5 Å². The molecule has 0 aliphatic rings. The van der Waals surface area contributed by atoms with Crippen LogP contribution in [-0.2, 0) is 21.4 Å². The Balaban J connectivity index is 1.50. The zero-order chi connectivity index (χ0) is 31.0. The van der Waals surface area contributed by atoms with Gasteiger partial charge in [0.2, 0.25) is 0 Å². The molecular weight excluding hydrogens is 640 g/mol. The van der Waals surface area contributed by atoms with Crippen LogP contribution >= 0.6 is 15.9 Å². The summed E-state index contributed by atoms with van der Waals surface area (Å²) in [5.41, 5.74) is 4.63. The third-order valence-corrected chi connectivity index (χ3v) is 8.48. The second-order valence-electron chi connectivity index (χ2n) is 9.20. The lowest BCUT2D eigenvalue weighted by Crippen LogP contribution is -2.39. The Bertz CT molecular complexity index is 1750. The van der Waals surface area contributed by atoms with Crippen LogP contribution in [-0.4, -0.2) is 39.1 Å². The highest BCUT2D eigenvalue weighted by Crippen LogP contribution is 2.37. The number of methoxy groups -OCH3 is 1. The number of anilines is 1. The minimum Gasteiger partial charge on any atom is -0.493 e. The van der Waals surface area contributed by atoms with E-state index < -0.39 is 27.4 Å². The monoisotopic (exact) mass is 666 g/mol. The highest BCUT2D eigenvalue weighted by Gasteiger charge is 2.28. The molecule has 222 valence electrons. The van der Waals surface area contributed by atoms with Gasteiger partial charge in [-0.3, -0.25) is 19.2 Å². The number of carbonyl (C=O) groups is 1. The molecule has 0 fully saturated rings. The predicted molar refractivity (Wildman–Crippen MR) is 166 cm³/mol. The molecule has 4 rings (SSSR count). The summed E-state index contributed by atoms with van der Waals surface area (Å²) in [4.78, 5) is 23.5. The number of sulfonamides is 1. The van der Waals surface area contributed by atoms with Crippen LogP contribution in [0.5, 0.6) is 11.5 Å². The second-order valence-corrected chi connectivity index (χ2v) is 11.9. The summed E-state index contributed by atoms with van der Waals surface area (Å²) in [5.74, 6) is 0.148. The van der Waals surface area contributed by atoms with Crippen molar-refractivity contribution in [1.82, 2.24) is 5.43 Å². The SMILES string of the molecule is COc1cc(/C=N\NC(=O)CN(c2cccc([N+](=O)[O-])c2)S(=O)(=O)c2ccccc2)cc(Br)c1OCc1ccc(C)cc1. The van der Waals surface area contributed by atoms with Crippen molar-refractivity contribution in [2.45, 2.75) is 18.4 Å². The number of nitrogens with one attached hydrogen (secondary N) is 1. The number of hydrogen-bond donors (Lipinski definition) is 1. The van der Waals surface area contributed by atoms with E-state index >= 15 is 0 Å². The van der Waals surface area contributed by atoms with Gasteiger partial charge >= 0.3 is 0 Å². The van der Waals surface area contributed by atoms with Gasteiger partial charge in [-0.15, -0.1) is 0 Å².